The van der Waals surface area contributed by atoms with E-state index in [-0.39, 0.29) is 43.0 Å². The van der Waals surface area contributed by atoms with Gasteiger partial charge in [0.15, 0.2) is 6.29 Å². The van der Waals surface area contributed by atoms with E-state index in [9.17, 15) is 23.8 Å². The van der Waals surface area contributed by atoms with Crippen LogP contribution in [-0.4, -0.2) is 60.4 Å². The average molecular weight is 491 g/mol. The first-order chi connectivity index (χ1) is 16.3. The van der Waals surface area contributed by atoms with E-state index >= 15 is 0 Å². The molecule has 1 saturated heterocycles. The van der Waals surface area contributed by atoms with Crippen LogP contribution in [0.3, 0.4) is 0 Å². The van der Waals surface area contributed by atoms with Gasteiger partial charge in [-0.15, -0.1) is 0 Å². The molecule has 1 saturated carbocycles. The number of methoxy groups -OCH3 is 1. The highest BCUT2D eigenvalue weighted by Crippen LogP contribution is 2.41. The summed E-state index contributed by atoms with van der Waals surface area (Å²) in [5, 5.41) is 20.8. The number of allylic oxidation sites excluding steroid dienone is 2. The van der Waals surface area contributed by atoms with Crippen molar-refractivity contribution in [1.29, 1.82) is 0 Å². The Balaban J connectivity index is 1.93. The maximum atomic E-state index is 14.0. The van der Waals surface area contributed by atoms with Gasteiger partial charge in [0.05, 0.1) is 19.3 Å². The molecule has 6 nitrogen and oxygen atoms in total. The number of unbranched alkanes of at least 4 members (excludes halogenated alkanes) is 1. The SMILES string of the molecule is CCCC(F)(F)C(O)CCC[C@@H]1[C@@H](C/C=C\CCCC(=O)OC)[C@@H](O)C[C@H]1OC1CCCCO1. The topological polar surface area (TPSA) is 85.2 Å². The van der Waals surface area contributed by atoms with Gasteiger partial charge >= 0.3 is 5.97 Å². The van der Waals surface area contributed by atoms with Crippen molar-refractivity contribution in [3.05, 3.63) is 12.2 Å². The molecular weight excluding hydrogens is 446 g/mol. The first-order valence-corrected chi connectivity index (χ1v) is 13.0. The van der Waals surface area contributed by atoms with E-state index in [4.69, 9.17) is 9.47 Å². The third-order valence-corrected chi connectivity index (χ3v) is 7.10. The van der Waals surface area contributed by atoms with Crippen molar-refractivity contribution < 1.29 is 38.0 Å². The van der Waals surface area contributed by atoms with Crippen LogP contribution in [0.1, 0.15) is 90.4 Å². The number of aliphatic hydroxyl groups excluding tert-OH is 2. The molecule has 1 aliphatic carbocycles. The second-order valence-electron chi connectivity index (χ2n) is 9.73. The average Bonchev–Trinajstić information content (AvgIpc) is 3.10. The third-order valence-electron chi connectivity index (χ3n) is 7.10. The predicted molar refractivity (Wildman–Crippen MR) is 125 cm³/mol. The van der Waals surface area contributed by atoms with Gasteiger partial charge in [0.2, 0.25) is 0 Å². The van der Waals surface area contributed by atoms with E-state index in [1.807, 2.05) is 12.2 Å². The van der Waals surface area contributed by atoms with Crippen LogP contribution in [0.15, 0.2) is 12.2 Å². The molecule has 2 aliphatic rings. The number of alkyl halides is 2. The summed E-state index contributed by atoms with van der Waals surface area (Å²) in [7, 11) is 1.38. The van der Waals surface area contributed by atoms with Gasteiger partial charge in [-0.05, 0) is 63.2 Å². The summed E-state index contributed by atoms with van der Waals surface area (Å²) in [6, 6.07) is 0. The number of carbonyl (C=O) groups excluding carboxylic acids is 1. The summed E-state index contributed by atoms with van der Waals surface area (Å²) in [4.78, 5) is 11.2. The van der Waals surface area contributed by atoms with Crippen molar-refractivity contribution in [1.82, 2.24) is 0 Å². The van der Waals surface area contributed by atoms with Crippen LogP contribution in [0.5, 0.6) is 0 Å². The predicted octanol–water partition coefficient (Wildman–Crippen LogP) is 5.15. The molecule has 0 aromatic heterocycles. The second kappa shape index (κ2) is 15.1. The minimum atomic E-state index is -3.07. The Labute approximate surface area is 203 Å². The summed E-state index contributed by atoms with van der Waals surface area (Å²) in [6.45, 7) is 2.35. The van der Waals surface area contributed by atoms with Crippen LogP contribution < -0.4 is 0 Å². The molecule has 1 heterocycles. The van der Waals surface area contributed by atoms with E-state index in [1.54, 1.807) is 6.92 Å². The van der Waals surface area contributed by atoms with Gasteiger partial charge in [-0.1, -0.05) is 31.9 Å². The van der Waals surface area contributed by atoms with Crippen LogP contribution in [0.25, 0.3) is 0 Å². The van der Waals surface area contributed by atoms with Crippen LogP contribution >= 0.6 is 0 Å². The van der Waals surface area contributed by atoms with Crippen LogP contribution in [-0.2, 0) is 19.0 Å². The molecule has 0 spiro atoms. The summed E-state index contributed by atoms with van der Waals surface area (Å²) >= 11 is 0. The number of halogens is 2. The lowest BCUT2D eigenvalue weighted by Crippen LogP contribution is -2.34. The molecule has 34 heavy (non-hydrogen) atoms. The molecule has 0 aromatic carbocycles. The second-order valence-corrected chi connectivity index (χ2v) is 9.73. The highest BCUT2D eigenvalue weighted by atomic mass is 19.3. The molecule has 2 unspecified atom stereocenters. The number of hydrogen-bond donors (Lipinski definition) is 2. The fourth-order valence-corrected chi connectivity index (χ4v) is 5.15. The molecule has 8 heteroatoms. The van der Waals surface area contributed by atoms with E-state index < -0.39 is 18.1 Å². The highest BCUT2D eigenvalue weighted by Gasteiger charge is 2.44. The van der Waals surface area contributed by atoms with Gasteiger partial charge in [0, 0.05) is 25.9 Å². The number of esters is 1. The van der Waals surface area contributed by atoms with E-state index in [2.05, 4.69) is 4.74 Å². The first kappa shape index (κ1) is 29.1. The van der Waals surface area contributed by atoms with E-state index in [0.29, 0.717) is 51.6 Å². The number of hydrogen-bond acceptors (Lipinski definition) is 6. The Morgan fingerprint density at radius 2 is 2.03 bits per heavy atom. The monoisotopic (exact) mass is 490 g/mol. The molecule has 0 radical (unpaired) electrons. The van der Waals surface area contributed by atoms with Gasteiger partial charge in [-0.2, -0.15) is 0 Å². The molecule has 0 bridgehead atoms. The largest absolute Gasteiger partial charge is 0.469 e. The fourth-order valence-electron chi connectivity index (χ4n) is 5.15. The Morgan fingerprint density at radius 3 is 2.71 bits per heavy atom. The summed E-state index contributed by atoms with van der Waals surface area (Å²) in [5.41, 5.74) is 0. The molecule has 1 aliphatic heterocycles. The lowest BCUT2D eigenvalue weighted by molar-refractivity contribution is -0.196. The minimum Gasteiger partial charge on any atom is -0.469 e. The van der Waals surface area contributed by atoms with Gasteiger partial charge in [-0.3, -0.25) is 4.79 Å². The van der Waals surface area contributed by atoms with E-state index in [0.717, 1.165) is 25.7 Å². The smallest absolute Gasteiger partial charge is 0.305 e. The molecular formula is C26H44F2O6. The standard InChI is InChI=1S/C26H44F2O6/c1-3-16-26(27,28)23(30)13-10-12-20-19(11-6-4-5-7-14-24(31)32-2)21(29)18-22(20)34-25-15-8-9-17-33-25/h4,6,19-23,25,29-30H,3,5,7-18H2,1-2H3/b6-4-/t19-,20-,21+,22-,23?,25?/m1/s1. The minimum absolute atomic E-state index is 0.00671. The van der Waals surface area contributed by atoms with Gasteiger partial charge in [-0.25, -0.2) is 8.78 Å². The molecule has 2 rings (SSSR count). The molecule has 198 valence electrons. The van der Waals surface area contributed by atoms with Gasteiger partial charge in [0.25, 0.3) is 5.92 Å². The number of ether oxygens (including phenoxy) is 3. The summed E-state index contributed by atoms with van der Waals surface area (Å²) < 4.78 is 44.6. The number of aliphatic hydroxyl groups is 2. The summed E-state index contributed by atoms with van der Waals surface area (Å²) in [6.07, 6.45) is 8.35. The number of rotatable bonds is 15. The third kappa shape index (κ3) is 9.51. The maximum Gasteiger partial charge on any atom is 0.305 e. The molecule has 6 atom stereocenters. The summed E-state index contributed by atoms with van der Waals surface area (Å²) in [5.74, 6) is -3.33. The van der Waals surface area contributed by atoms with Crippen molar-refractivity contribution in [3.8, 4) is 0 Å². The van der Waals surface area contributed by atoms with Crippen molar-refractivity contribution in [2.24, 2.45) is 11.8 Å². The lowest BCUT2D eigenvalue weighted by Gasteiger charge is -2.31. The maximum absolute atomic E-state index is 14.0. The van der Waals surface area contributed by atoms with Gasteiger partial charge < -0.3 is 24.4 Å². The van der Waals surface area contributed by atoms with Crippen molar-refractivity contribution in [2.45, 2.75) is 121 Å². The van der Waals surface area contributed by atoms with Crippen LogP contribution in [0.4, 0.5) is 8.78 Å². The van der Waals surface area contributed by atoms with Crippen LogP contribution in [0, 0.1) is 11.8 Å². The van der Waals surface area contributed by atoms with Crippen molar-refractivity contribution in [2.75, 3.05) is 13.7 Å². The van der Waals surface area contributed by atoms with Crippen molar-refractivity contribution in [3.63, 3.8) is 0 Å². The Bertz CT molecular complexity index is 608. The Morgan fingerprint density at radius 1 is 1.24 bits per heavy atom. The Hall–Kier alpha value is -1.09. The van der Waals surface area contributed by atoms with Crippen molar-refractivity contribution >= 4 is 5.97 Å². The fraction of sp³-hybridized carbons (Fsp3) is 0.885. The molecule has 0 amide bonds. The highest BCUT2D eigenvalue weighted by molar-refractivity contribution is 5.69. The van der Waals surface area contributed by atoms with E-state index in [1.165, 1.54) is 7.11 Å². The Kier molecular flexibility index (Phi) is 13.0. The van der Waals surface area contributed by atoms with Crippen LogP contribution in [0.2, 0.25) is 0 Å². The number of carbonyl (C=O) groups is 1. The van der Waals surface area contributed by atoms with Gasteiger partial charge in [0.1, 0.15) is 6.10 Å². The zero-order valence-corrected chi connectivity index (χ0v) is 20.8. The zero-order valence-electron chi connectivity index (χ0n) is 20.8. The first-order valence-electron chi connectivity index (χ1n) is 13.0. The molecule has 0 aromatic rings. The normalized spacial score (nSPS) is 28.9. The quantitative estimate of drug-likeness (QED) is 0.188. The molecule has 2 fully saturated rings. The lowest BCUT2D eigenvalue weighted by atomic mass is 9.85. The zero-order chi connectivity index (χ0) is 25.0. The molecule has 2 N–H and O–H groups in total.